The van der Waals surface area contributed by atoms with Crippen molar-refractivity contribution in [3.63, 3.8) is 0 Å². The molecule has 1 amide bonds. The number of methoxy groups -OCH3 is 2. The standard InChI is InChI=1S/C12H18N2O3/c1-7-4-11(17-3)8(5-10(7)16-2)9(6-13)12(14)15/h4-5,9H,6,13H2,1-3H3,(H2,14,15). The van der Waals surface area contributed by atoms with Crippen LogP contribution in [0, 0.1) is 6.92 Å². The fourth-order valence-electron chi connectivity index (χ4n) is 1.74. The summed E-state index contributed by atoms with van der Waals surface area (Å²) in [5.74, 6) is 0.231. The van der Waals surface area contributed by atoms with E-state index >= 15 is 0 Å². The lowest BCUT2D eigenvalue weighted by Crippen LogP contribution is -2.28. The Morgan fingerprint density at radius 1 is 1.29 bits per heavy atom. The van der Waals surface area contributed by atoms with Gasteiger partial charge in [-0.15, -0.1) is 0 Å². The lowest BCUT2D eigenvalue weighted by atomic mass is 9.96. The van der Waals surface area contributed by atoms with Crippen molar-refractivity contribution in [1.82, 2.24) is 0 Å². The van der Waals surface area contributed by atoms with Gasteiger partial charge in [0.05, 0.1) is 20.1 Å². The van der Waals surface area contributed by atoms with E-state index in [1.807, 2.05) is 6.92 Å². The highest BCUT2D eigenvalue weighted by molar-refractivity contribution is 5.83. The number of benzene rings is 1. The lowest BCUT2D eigenvalue weighted by molar-refractivity contribution is -0.119. The minimum absolute atomic E-state index is 0.137. The molecule has 0 aromatic heterocycles. The largest absolute Gasteiger partial charge is 0.496 e. The van der Waals surface area contributed by atoms with Crippen molar-refractivity contribution in [2.24, 2.45) is 11.5 Å². The number of primary amides is 1. The van der Waals surface area contributed by atoms with E-state index in [4.69, 9.17) is 20.9 Å². The van der Waals surface area contributed by atoms with Crippen LogP contribution in [-0.2, 0) is 4.79 Å². The van der Waals surface area contributed by atoms with Gasteiger partial charge in [0.25, 0.3) is 0 Å². The zero-order chi connectivity index (χ0) is 13.0. The molecule has 17 heavy (non-hydrogen) atoms. The van der Waals surface area contributed by atoms with Crippen LogP contribution >= 0.6 is 0 Å². The number of nitrogens with two attached hydrogens (primary N) is 2. The zero-order valence-corrected chi connectivity index (χ0v) is 10.3. The topological polar surface area (TPSA) is 87.6 Å². The molecular formula is C12H18N2O3. The number of carbonyl (C=O) groups is 1. The first-order valence-corrected chi connectivity index (χ1v) is 5.27. The molecule has 0 radical (unpaired) electrons. The van der Waals surface area contributed by atoms with Crippen molar-refractivity contribution in [2.45, 2.75) is 12.8 Å². The zero-order valence-electron chi connectivity index (χ0n) is 10.3. The second kappa shape index (κ2) is 5.54. The molecule has 1 unspecified atom stereocenters. The molecule has 4 N–H and O–H groups in total. The molecular weight excluding hydrogens is 220 g/mol. The Morgan fingerprint density at radius 2 is 1.88 bits per heavy atom. The summed E-state index contributed by atoms with van der Waals surface area (Å²) in [4.78, 5) is 11.3. The van der Waals surface area contributed by atoms with Crippen LogP contribution in [-0.4, -0.2) is 26.7 Å². The average molecular weight is 238 g/mol. The molecule has 5 heteroatoms. The van der Waals surface area contributed by atoms with Gasteiger partial charge in [0.1, 0.15) is 11.5 Å². The Morgan fingerprint density at radius 3 is 2.29 bits per heavy atom. The van der Waals surface area contributed by atoms with Gasteiger partial charge < -0.3 is 20.9 Å². The highest BCUT2D eigenvalue weighted by Crippen LogP contribution is 2.32. The normalized spacial score (nSPS) is 12.0. The maximum absolute atomic E-state index is 11.3. The first-order chi connectivity index (χ1) is 8.04. The van der Waals surface area contributed by atoms with Gasteiger partial charge in [0.15, 0.2) is 0 Å². The molecule has 0 spiro atoms. The monoisotopic (exact) mass is 238 g/mol. The fourth-order valence-corrected chi connectivity index (χ4v) is 1.74. The molecule has 0 saturated heterocycles. The SMILES string of the molecule is COc1cc(C(CN)C(N)=O)c(OC)cc1C. The Labute approximate surface area is 101 Å². The average Bonchev–Trinajstić information content (AvgIpc) is 2.30. The first-order valence-electron chi connectivity index (χ1n) is 5.27. The molecule has 0 aliphatic heterocycles. The second-order valence-corrected chi connectivity index (χ2v) is 3.75. The maximum atomic E-state index is 11.3. The molecule has 0 saturated carbocycles. The van der Waals surface area contributed by atoms with Crippen molar-refractivity contribution < 1.29 is 14.3 Å². The fraction of sp³-hybridized carbons (Fsp3) is 0.417. The van der Waals surface area contributed by atoms with Gasteiger partial charge in [0.2, 0.25) is 5.91 Å². The third-order valence-electron chi connectivity index (χ3n) is 2.70. The van der Waals surface area contributed by atoms with E-state index in [1.54, 1.807) is 26.4 Å². The maximum Gasteiger partial charge on any atom is 0.226 e. The third kappa shape index (κ3) is 2.68. The molecule has 1 atom stereocenters. The molecule has 0 heterocycles. The van der Waals surface area contributed by atoms with Crippen molar-refractivity contribution >= 4 is 5.91 Å². The van der Waals surface area contributed by atoms with Gasteiger partial charge in [-0.05, 0) is 24.6 Å². The van der Waals surface area contributed by atoms with Crippen LogP contribution in [0.5, 0.6) is 11.5 Å². The molecule has 0 aliphatic rings. The van der Waals surface area contributed by atoms with Crippen LogP contribution in [0.25, 0.3) is 0 Å². The van der Waals surface area contributed by atoms with Crippen LogP contribution in [0.4, 0.5) is 0 Å². The molecule has 94 valence electrons. The van der Waals surface area contributed by atoms with Crippen molar-refractivity contribution in [3.05, 3.63) is 23.3 Å². The molecule has 1 aromatic carbocycles. The van der Waals surface area contributed by atoms with E-state index in [1.165, 1.54) is 0 Å². The summed E-state index contributed by atoms with van der Waals surface area (Å²) >= 11 is 0. The summed E-state index contributed by atoms with van der Waals surface area (Å²) in [6, 6.07) is 3.55. The van der Waals surface area contributed by atoms with E-state index < -0.39 is 11.8 Å². The molecule has 1 aromatic rings. The van der Waals surface area contributed by atoms with E-state index in [0.29, 0.717) is 17.1 Å². The highest BCUT2D eigenvalue weighted by atomic mass is 16.5. The molecule has 1 rings (SSSR count). The van der Waals surface area contributed by atoms with Gasteiger partial charge >= 0.3 is 0 Å². The highest BCUT2D eigenvalue weighted by Gasteiger charge is 2.21. The smallest absolute Gasteiger partial charge is 0.226 e. The predicted molar refractivity (Wildman–Crippen MR) is 65.3 cm³/mol. The van der Waals surface area contributed by atoms with Crippen molar-refractivity contribution in [1.29, 1.82) is 0 Å². The second-order valence-electron chi connectivity index (χ2n) is 3.75. The Hall–Kier alpha value is -1.75. The Bertz CT molecular complexity index is 418. The molecule has 0 bridgehead atoms. The number of carbonyl (C=O) groups excluding carboxylic acids is 1. The van der Waals surface area contributed by atoms with Crippen LogP contribution in [0.1, 0.15) is 17.0 Å². The predicted octanol–water partition coefficient (Wildman–Crippen LogP) is 0.540. The number of aryl methyl sites for hydroxylation is 1. The first kappa shape index (κ1) is 13.3. The third-order valence-corrected chi connectivity index (χ3v) is 2.70. The van der Waals surface area contributed by atoms with Gasteiger partial charge in [-0.25, -0.2) is 0 Å². The Balaban J connectivity index is 3.33. The summed E-state index contributed by atoms with van der Waals surface area (Å²) in [5, 5.41) is 0. The van der Waals surface area contributed by atoms with Crippen LogP contribution in [0.3, 0.4) is 0 Å². The molecule has 5 nitrogen and oxygen atoms in total. The molecule has 0 fully saturated rings. The number of ether oxygens (including phenoxy) is 2. The minimum atomic E-state index is -0.570. The van der Waals surface area contributed by atoms with Gasteiger partial charge in [0, 0.05) is 12.1 Å². The number of rotatable bonds is 5. The quantitative estimate of drug-likeness (QED) is 0.783. The van der Waals surface area contributed by atoms with E-state index in [0.717, 1.165) is 5.56 Å². The number of amides is 1. The van der Waals surface area contributed by atoms with E-state index in [9.17, 15) is 4.79 Å². The van der Waals surface area contributed by atoms with Crippen LogP contribution < -0.4 is 20.9 Å². The summed E-state index contributed by atoms with van der Waals surface area (Å²) in [6.07, 6.45) is 0. The minimum Gasteiger partial charge on any atom is -0.496 e. The van der Waals surface area contributed by atoms with Crippen LogP contribution in [0.2, 0.25) is 0 Å². The lowest BCUT2D eigenvalue weighted by Gasteiger charge is -2.17. The van der Waals surface area contributed by atoms with Crippen molar-refractivity contribution in [3.8, 4) is 11.5 Å². The summed E-state index contributed by atoms with van der Waals surface area (Å²) in [5.41, 5.74) is 12.5. The van der Waals surface area contributed by atoms with Gasteiger partial charge in [-0.3, -0.25) is 4.79 Å². The number of hydrogen-bond donors (Lipinski definition) is 2. The molecule has 0 aliphatic carbocycles. The number of hydrogen-bond acceptors (Lipinski definition) is 4. The Kier molecular flexibility index (Phi) is 4.34. The summed E-state index contributed by atoms with van der Waals surface area (Å²) in [7, 11) is 3.11. The van der Waals surface area contributed by atoms with Gasteiger partial charge in [-0.2, -0.15) is 0 Å². The summed E-state index contributed by atoms with van der Waals surface area (Å²) < 4.78 is 10.5. The summed E-state index contributed by atoms with van der Waals surface area (Å²) in [6.45, 7) is 2.03. The van der Waals surface area contributed by atoms with Crippen molar-refractivity contribution in [2.75, 3.05) is 20.8 Å². The van der Waals surface area contributed by atoms with E-state index in [-0.39, 0.29) is 6.54 Å². The van der Waals surface area contributed by atoms with Crippen LogP contribution in [0.15, 0.2) is 12.1 Å². The van der Waals surface area contributed by atoms with Gasteiger partial charge in [-0.1, -0.05) is 0 Å². The van der Waals surface area contributed by atoms with E-state index in [2.05, 4.69) is 0 Å².